The molecule has 28 heavy (non-hydrogen) atoms. The SMILES string of the molecule is OC(O)/C=C/Cn1c(-c2ccc3c(c2)OCO3)cc2c3ccccc3ccc21. The van der Waals surface area contributed by atoms with E-state index in [-0.39, 0.29) is 6.79 Å². The molecule has 5 heteroatoms. The number of rotatable bonds is 4. The van der Waals surface area contributed by atoms with Crippen LogP contribution < -0.4 is 9.47 Å². The normalized spacial score (nSPS) is 13.4. The number of hydrogen-bond acceptors (Lipinski definition) is 4. The van der Waals surface area contributed by atoms with E-state index in [0.29, 0.717) is 6.54 Å². The van der Waals surface area contributed by atoms with Gasteiger partial charge in [0, 0.05) is 28.7 Å². The van der Waals surface area contributed by atoms with Crippen LogP contribution in [-0.2, 0) is 6.54 Å². The Labute approximate surface area is 161 Å². The number of ether oxygens (including phenoxy) is 2. The van der Waals surface area contributed by atoms with Gasteiger partial charge in [0.15, 0.2) is 17.8 Å². The minimum absolute atomic E-state index is 0.240. The monoisotopic (exact) mass is 373 g/mol. The number of aliphatic hydroxyl groups is 2. The first-order valence-corrected chi connectivity index (χ1v) is 9.14. The van der Waals surface area contributed by atoms with Crippen molar-refractivity contribution in [2.45, 2.75) is 12.8 Å². The highest BCUT2D eigenvalue weighted by Crippen LogP contribution is 2.38. The molecule has 0 aliphatic carbocycles. The molecule has 0 radical (unpaired) electrons. The molecule has 0 saturated carbocycles. The van der Waals surface area contributed by atoms with Gasteiger partial charge >= 0.3 is 0 Å². The highest BCUT2D eigenvalue weighted by Gasteiger charge is 2.17. The summed E-state index contributed by atoms with van der Waals surface area (Å²) >= 11 is 0. The Bertz CT molecular complexity index is 1210. The third-order valence-electron chi connectivity index (χ3n) is 5.07. The molecule has 1 aliphatic heterocycles. The first kappa shape index (κ1) is 16.9. The van der Waals surface area contributed by atoms with Crippen LogP contribution in [0.3, 0.4) is 0 Å². The zero-order valence-electron chi connectivity index (χ0n) is 15.1. The Kier molecular flexibility index (Phi) is 4.04. The molecule has 0 bridgehead atoms. The number of fused-ring (bicyclic) bond motifs is 4. The second kappa shape index (κ2) is 6.71. The van der Waals surface area contributed by atoms with Crippen molar-refractivity contribution in [3.63, 3.8) is 0 Å². The number of aromatic nitrogens is 1. The summed E-state index contributed by atoms with van der Waals surface area (Å²) in [5.74, 6) is 1.49. The number of nitrogens with zero attached hydrogens (tertiary/aromatic N) is 1. The van der Waals surface area contributed by atoms with Gasteiger partial charge in [-0.1, -0.05) is 36.4 Å². The van der Waals surface area contributed by atoms with Gasteiger partial charge in [-0.25, -0.2) is 0 Å². The van der Waals surface area contributed by atoms with Crippen LogP contribution in [0, 0.1) is 0 Å². The van der Waals surface area contributed by atoms with E-state index in [1.54, 1.807) is 6.08 Å². The molecule has 0 amide bonds. The van der Waals surface area contributed by atoms with E-state index in [2.05, 4.69) is 34.9 Å². The van der Waals surface area contributed by atoms with Crippen molar-refractivity contribution in [3.05, 3.63) is 72.8 Å². The molecule has 2 heterocycles. The number of hydrogen-bond donors (Lipinski definition) is 2. The van der Waals surface area contributed by atoms with Crippen molar-refractivity contribution >= 4 is 21.7 Å². The molecule has 140 valence electrons. The van der Waals surface area contributed by atoms with E-state index < -0.39 is 6.29 Å². The van der Waals surface area contributed by atoms with Crippen molar-refractivity contribution in [1.82, 2.24) is 4.57 Å². The lowest BCUT2D eigenvalue weighted by atomic mass is 10.1. The van der Waals surface area contributed by atoms with Crippen molar-refractivity contribution in [2.24, 2.45) is 0 Å². The van der Waals surface area contributed by atoms with Crippen molar-refractivity contribution in [2.75, 3.05) is 6.79 Å². The first-order chi connectivity index (χ1) is 13.7. The van der Waals surface area contributed by atoms with E-state index >= 15 is 0 Å². The van der Waals surface area contributed by atoms with E-state index in [0.717, 1.165) is 33.7 Å². The average molecular weight is 373 g/mol. The highest BCUT2D eigenvalue weighted by molar-refractivity contribution is 6.08. The third kappa shape index (κ3) is 2.81. The largest absolute Gasteiger partial charge is 0.454 e. The molecule has 5 rings (SSSR count). The maximum Gasteiger partial charge on any atom is 0.231 e. The minimum Gasteiger partial charge on any atom is -0.454 e. The predicted octanol–water partition coefficient (Wildman–Crippen LogP) is 4.06. The fourth-order valence-electron chi connectivity index (χ4n) is 3.80. The third-order valence-corrected chi connectivity index (χ3v) is 5.07. The highest BCUT2D eigenvalue weighted by atomic mass is 16.7. The average Bonchev–Trinajstić information content (AvgIpc) is 3.32. The zero-order valence-corrected chi connectivity index (χ0v) is 15.1. The summed E-state index contributed by atoms with van der Waals surface area (Å²) in [7, 11) is 0. The van der Waals surface area contributed by atoms with E-state index in [1.165, 1.54) is 16.8 Å². The molecule has 0 atom stereocenters. The molecular weight excluding hydrogens is 354 g/mol. The first-order valence-electron chi connectivity index (χ1n) is 9.14. The van der Waals surface area contributed by atoms with Gasteiger partial charge in [-0.3, -0.25) is 0 Å². The van der Waals surface area contributed by atoms with Crippen molar-refractivity contribution in [1.29, 1.82) is 0 Å². The molecule has 0 fully saturated rings. The predicted molar refractivity (Wildman–Crippen MR) is 108 cm³/mol. The van der Waals surface area contributed by atoms with E-state index in [4.69, 9.17) is 19.7 Å². The van der Waals surface area contributed by atoms with Crippen LogP contribution in [0.4, 0.5) is 0 Å². The molecule has 0 spiro atoms. The Morgan fingerprint density at radius 2 is 1.79 bits per heavy atom. The van der Waals surface area contributed by atoms with Crippen molar-refractivity contribution < 1.29 is 19.7 Å². The summed E-state index contributed by atoms with van der Waals surface area (Å²) in [6, 6.07) is 20.6. The lowest BCUT2D eigenvalue weighted by molar-refractivity contribution is 0.00214. The molecule has 0 unspecified atom stereocenters. The maximum absolute atomic E-state index is 9.16. The molecule has 0 saturated heterocycles. The fraction of sp³-hybridized carbons (Fsp3) is 0.130. The fourth-order valence-corrected chi connectivity index (χ4v) is 3.80. The second-order valence-electron chi connectivity index (χ2n) is 6.77. The van der Waals surface area contributed by atoms with Crippen LogP contribution in [0.15, 0.2) is 72.8 Å². The van der Waals surface area contributed by atoms with Gasteiger partial charge in [-0.15, -0.1) is 0 Å². The summed E-state index contributed by atoms with van der Waals surface area (Å²) < 4.78 is 13.1. The smallest absolute Gasteiger partial charge is 0.231 e. The number of allylic oxidation sites excluding steroid dienone is 1. The van der Waals surface area contributed by atoms with E-state index in [1.807, 2.05) is 30.3 Å². The molecule has 3 aromatic carbocycles. The summed E-state index contributed by atoms with van der Waals surface area (Å²) in [5.41, 5.74) is 3.13. The second-order valence-corrected chi connectivity index (χ2v) is 6.77. The summed E-state index contributed by atoms with van der Waals surface area (Å²) in [4.78, 5) is 0. The zero-order chi connectivity index (χ0) is 19.1. The molecule has 1 aliphatic rings. The lowest BCUT2D eigenvalue weighted by Gasteiger charge is -2.10. The minimum atomic E-state index is -1.46. The summed E-state index contributed by atoms with van der Waals surface area (Å²) in [6.07, 6.45) is 1.67. The quantitative estimate of drug-likeness (QED) is 0.418. The van der Waals surface area contributed by atoms with Gasteiger partial charge < -0.3 is 24.3 Å². The summed E-state index contributed by atoms with van der Waals surface area (Å²) in [5, 5.41) is 21.8. The van der Waals surface area contributed by atoms with Gasteiger partial charge in [0.25, 0.3) is 0 Å². The Hall–Kier alpha value is -3.28. The van der Waals surface area contributed by atoms with Crippen LogP contribution >= 0.6 is 0 Å². The molecule has 1 aromatic heterocycles. The Morgan fingerprint density at radius 3 is 2.68 bits per heavy atom. The van der Waals surface area contributed by atoms with Gasteiger partial charge in [0.1, 0.15) is 0 Å². The molecular formula is C23H19NO4. The Balaban J connectivity index is 1.73. The van der Waals surface area contributed by atoms with Crippen LogP contribution in [0.25, 0.3) is 32.9 Å². The summed E-state index contributed by atoms with van der Waals surface area (Å²) in [6.45, 7) is 0.757. The van der Waals surface area contributed by atoms with Gasteiger partial charge in [0.05, 0.1) is 0 Å². The lowest BCUT2D eigenvalue weighted by Crippen LogP contribution is -2.01. The van der Waals surface area contributed by atoms with Crippen LogP contribution in [-0.4, -0.2) is 27.9 Å². The van der Waals surface area contributed by atoms with Crippen molar-refractivity contribution in [3.8, 4) is 22.8 Å². The van der Waals surface area contributed by atoms with Crippen LogP contribution in [0.1, 0.15) is 0 Å². The number of benzene rings is 3. The molecule has 5 nitrogen and oxygen atoms in total. The maximum atomic E-state index is 9.16. The topological polar surface area (TPSA) is 63.9 Å². The van der Waals surface area contributed by atoms with Gasteiger partial charge in [-0.05, 0) is 47.2 Å². The molecule has 2 N–H and O–H groups in total. The van der Waals surface area contributed by atoms with Crippen LogP contribution in [0.5, 0.6) is 11.5 Å². The van der Waals surface area contributed by atoms with Crippen LogP contribution in [0.2, 0.25) is 0 Å². The number of aliphatic hydroxyl groups excluding tert-OH is 1. The Morgan fingerprint density at radius 1 is 0.929 bits per heavy atom. The molecule has 4 aromatic rings. The van der Waals surface area contributed by atoms with E-state index in [9.17, 15) is 0 Å². The van der Waals surface area contributed by atoms with Gasteiger partial charge in [-0.2, -0.15) is 0 Å². The van der Waals surface area contributed by atoms with Gasteiger partial charge in [0.2, 0.25) is 6.79 Å². The standard InChI is InChI=1S/C23H19NO4/c25-23(26)6-3-11-24-19-9-7-15-4-1-2-5-17(15)18(19)13-20(24)16-8-10-21-22(12-16)28-14-27-21/h1-10,12-13,23,25-26H,11,14H2/b6-3+.